The number of anilines is 1. The molecule has 2 heterocycles. The van der Waals surface area contributed by atoms with E-state index in [4.69, 9.17) is 0 Å². The van der Waals surface area contributed by atoms with Crippen molar-refractivity contribution in [3.63, 3.8) is 0 Å². The lowest BCUT2D eigenvalue weighted by Crippen LogP contribution is -2.35. The van der Waals surface area contributed by atoms with Gasteiger partial charge in [-0.15, -0.1) is 11.3 Å². The highest BCUT2D eigenvalue weighted by Crippen LogP contribution is 2.29. The van der Waals surface area contributed by atoms with Gasteiger partial charge >= 0.3 is 0 Å². The predicted octanol–water partition coefficient (Wildman–Crippen LogP) is 3.48. The van der Waals surface area contributed by atoms with Crippen molar-refractivity contribution in [1.82, 2.24) is 4.31 Å². The second-order valence-electron chi connectivity index (χ2n) is 7.21. The van der Waals surface area contributed by atoms with Gasteiger partial charge in [0.1, 0.15) is 4.21 Å². The Kier molecular flexibility index (Phi) is 4.74. The predicted molar refractivity (Wildman–Crippen MR) is 100 cm³/mol. The number of amides is 1. The van der Waals surface area contributed by atoms with E-state index in [1.165, 1.54) is 15.6 Å². The number of thiophene rings is 1. The number of benzene rings is 1. The Balaban J connectivity index is 1.83. The van der Waals surface area contributed by atoms with Crippen molar-refractivity contribution in [2.75, 3.05) is 11.9 Å². The number of rotatable bonds is 3. The zero-order valence-electron chi connectivity index (χ0n) is 14.6. The molecule has 0 radical (unpaired) electrons. The fourth-order valence-corrected chi connectivity index (χ4v) is 5.23. The fourth-order valence-electron chi connectivity index (χ4n) is 2.67. The van der Waals surface area contributed by atoms with E-state index in [1.807, 2.05) is 39.0 Å². The van der Waals surface area contributed by atoms with Crippen LogP contribution < -0.4 is 5.32 Å². The minimum absolute atomic E-state index is 0.0636. The molecule has 0 fully saturated rings. The van der Waals surface area contributed by atoms with Crippen LogP contribution in [-0.4, -0.2) is 25.2 Å². The van der Waals surface area contributed by atoms with E-state index in [0.29, 0.717) is 29.4 Å². The summed E-state index contributed by atoms with van der Waals surface area (Å²) < 4.78 is 27.3. The molecule has 0 unspecified atom stereocenters. The van der Waals surface area contributed by atoms with Crippen molar-refractivity contribution < 1.29 is 13.2 Å². The van der Waals surface area contributed by atoms with Crippen molar-refractivity contribution in [3.05, 3.63) is 46.8 Å². The third kappa shape index (κ3) is 3.78. The van der Waals surface area contributed by atoms with Gasteiger partial charge in [0.25, 0.3) is 10.0 Å². The highest BCUT2D eigenvalue weighted by atomic mass is 32.2. The van der Waals surface area contributed by atoms with Crippen molar-refractivity contribution in [2.45, 2.75) is 37.9 Å². The molecule has 0 saturated carbocycles. The first-order valence-electron chi connectivity index (χ1n) is 8.15. The molecule has 1 amide bonds. The third-order valence-electron chi connectivity index (χ3n) is 4.21. The van der Waals surface area contributed by atoms with Crippen LogP contribution in [0.15, 0.2) is 39.9 Å². The molecule has 2 aromatic rings. The third-order valence-corrected chi connectivity index (χ3v) is 7.43. The van der Waals surface area contributed by atoms with Crippen molar-refractivity contribution in [3.8, 4) is 0 Å². The van der Waals surface area contributed by atoms with Crippen LogP contribution in [0.25, 0.3) is 0 Å². The maximum Gasteiger partial charge on any atom is 0.252 e. The van der Waals surface area contributed by atoms with Crippen LogP contribution >= 0.6 is 11.3 Å². The normalized spacial score (nSPS) is 15.6. The van der Waals surface area contributed by atoms with Gasteiger partial charge in [-0.25, -0.2) is 8.42 Å². The van der Waals surface area contributed by atoms with Crippen LogP contribution in [0.5, 0.6) is 0 Å². The summed E-state index contributed by atoms with van der Waals surface area (Å²) in [6, 6.07) is 9.12. The quantitative estimate of drug-likeness (QED) is 0.889. The summed E-state index contributed by atoms with van der Waals surface area (Å²) in [5, 5.41) is 4.68. The Morgan fingerprint density at radius 3 is 2.60 bits per heavy atom. The Labute approximate surface area is 152 Å². The summed E-state index contributed by atoms with van der Waals surface area (Å²) >= 11 is 1.23. The van der Waals surface area contributed by atoms with E-state index in [2.05, 4.69) is 5.32 Å². The highest BCUT2D eigenvalue weighted by Gasteiger charge is 2.29. The Morgan fingerprint density at radius 2 is 1.96 bits per heavy atom. The summed E-state index contributed by atoms with van der Waals surface area (Å²) in [5.74, 6) is -0.0636. The molecule has 1 aliphatic rings. The first-order chi connectivity index (χ1) is 11.7. The molecule has 7 heteroatoms. The van der Waals surface area contributed by atoms with Crippen molar-refractivity contribution >= 4 is 33.0 Å². The maximum absolute atomic E-state index is 12.7. The smallest absolute Gasteiger partial charge is 0.252 e. The molecule has 1 aromatic carbocycles. The maximum atomic E-state index is 12.7. The van der Waals surface area contributed by atoms with Gasteiger partial charge in [-0.05, 0) is 41.1 Å². The van der Waals surface area contributed by atoms with Gasteiger partial charge in [-0.2, -0.15) is 4.31 Å². The topological polar surface area (TPSA) is 66.5 Å². The Hall–Kier alpha value is -1.70. The van der Waals surface area contributed by atoms with Gasteiger partial charge < -0.3 is 5.32 Å². The van der Waals surface area contributed by atoms with Crippen LogP contribution in [0.3, 0.4) is 0 Å². The molecule has 0 spiro atoms. The number of carbonyl (C=O) groups excluding carboxylic acids is 1. The summed E-state index contributed by atoms with van der Waals surface area (Å²) in [6.07, 6.45) is 0.674. The number of sulfonamides is 1. The molecule has 1 N–H and O–H groups in total. The summed E-state index contributed by atoms with van der Waals surface area (Å²) in [4.78, 5) is 12.2. The molecule has 25 heavy (non-hydrogen) atoms. The van der Waals surface area contributed by atoms with E-state index in [0.717, 1.165) is 11.1 Å². The standard InChI is InChI=1S/C18H22N2O3S2/c1-18(2,3)17(21)19-15-7-6-13-8-9-20(12-14(13)11-15)25(22,23)16-5-4-10-24-16/h4-7,10-11H,8-9,12H2,1-3H3,(H,19,21). The average Bonchev–Trinajstić information content (AvgIpc) is 3.08. The van der Waals surface area contributed by atoms with Crippen molar-refractivity contribution in [2.24, 2.45) is 5.41 Å². The number of carbonyl (C=O) groups is 1. The molecule has 5 nitrogen and oxygen atoms in total. The second kappa shape index (κ2) is 6.55. The monoisotopic (exact) mass is 378 g/mol. The summed E-state index contributed by atoms with van der Waals surface area (Å²) in [7, 11) is -3.46. The molecular formula is C18H22N2O3S2. The Morgan fingerprint density at radius 1 is 1.20 bits per heavy atom. The van der Waals surface area contributed by atoms with Crippen LogP contribution in [-0.2, 0) is 27.8 Å². The molecule has 0 saturated heterocycles. The van der Waals surface area contributed by atoms with Crippen LogP contribution in [0, 0.1) is 5.41 Å². The lowest BCUT2D eigenvalue weighted by Gasteiger charge is -2.28. The molecule has 1 aliphatic heterocycles. The van der Waals surface area contributed by atoms with Crippen LogP contribution in [0.1, 0.15) is 31.9 Å². The average molecular weight is 379 g/mol. The van der Waals surface area contributed by atoms with Gasteiger partial charge in [0.2, 0.25) is 5.91 Å². The lowest BCUT2D eigenvalue weighted by molar-refractivity contribution is -0.123. The second-order valence-corrected chi connectivity index (χ2v) is 10.3. The minimum atomic E-state index is -3.46. The first-order valence-corrected chi connectivity index (χ1v) is 10.5. The molecule has 0 bridgehead atoms. The van der Waals surface area contributed by atoms with Gasteiger partial charge in [-0.3, -0.25) is 4.79 Å². The van der Waals surface area contributed by atoms with Crippen LogP contribution in [0.2, 0.25) is 0 Å². The molecule has 134 valence electrons. The van der Waals surface area contributed by atoms with E-state index in [1.54, 1.807) is 17.5 Å². The minimum Gasteiger partial charge on any atom is -0.326 e. The number of nitrogens with zero attached hydrogens (tertiary/aromatic N) is 1. The van der Waals surface area contributed by atoms with Gasteiger partial charge in [-0.1, -0.05) is 32.9 Å². The molecular weight excluding hydrogens is 356 g/mol. The summed E-state index contributed by atoms with van der Waals surface area (Å²) in [6.45, 7) is 6.37. The fraction of sp³-hybridized carbons (Fsp3) is 0.389. The van der Waals surface area contributed by atoms with Crippen molar-refractivity contribution in [1.29, 1.82) is 0 Å². The molecule has 0 aliphatic carbocycles. The zero-order valence-corrected chi connectivity index (χ0v) is 16.2. The van der Waals surface area contributed by atoms with Gasteiger partial charge in [0.15, 0.2) is 0 Å². The largest absolute Gasteiger partial charge is 0.326 e. The number of hydrogen-bond acceptors (Lipinski definition) is 4. The Bertz CT molecular complexity index is 882. The van der Waals surface area contributed by atoms with Gasteiger partial charge in [0.05, 0.1) is 0 Å². The van der Waals surface area contributed by atoms with E-state index in [-0.39, 0.29) is 5.91 Å². The SMILES string of the molecule is CC(C)(C)C(=O)Nc1ccc2c(c1)CN(S(=O)(=O)c1cccs1)CC2. The first kappa shape index (κ1) is 18.1. The van der Waals surface area contributed by atoms with E-state index in [9.17, 15) is 13.2 Å². The molecule has 0 atom stereocenters. The summed E-state index contributed by atoms with van der Waals surface area (Å²) in [5.41, 5.74) is 2.29. The highest BCUT2D eigenvalue weighted by molar-refractivity contribution is 7.91. The zero-order chi connectivity index (χ0) is 18.2. The molecule has 1 aromatic heterocycles. The lowest BCUT2D eigenvalue weighted by atomic mass is 9.95. The number of nitrogens with one attached hydrogen (secondary N) is 1. The van der Waals surface area contributed by atoms with E-state index >= 15 is 0 Å². The van der Waals surface area contributed by atoms with Crippen LogP contribution in [0.4, 0.5) is 5.69 Å². The number of hydrogen-bond donors (Lipinski definition) is 1. The van der Waals surface area contributed by atoms with E-state index < -0.39 is 15.4 Å². The van der Waals surface area contributed by atoms with Gasteiger partial charge in [0, 0.05) is 24.2 Å². The number of fused-ring (bicyclic) bond motifs is 1. The molecule has 3 rings (SSSR count).